The zero-order chi connectivity index (χ0) is 17.0. The molecule has 124 valence electrons. The van der Waals surface area contributed by atoms with Gasteiger partial charge in [0.2, 0.25) is 0 Å². The molecule has 1 aliphatic heterocycles. The van der Waals surface area contributed by atoms with E-state index >= 15 is 0 Å². The van der Waals surface area contributed by atoms with E-state index in [0.717, 1.165) is 23.3 Å². The van der Waals surface area contributed by atoms with Gasteiger partial charge in [-0.1, -0.05) is 24.3 Å². The maximum Gasteiger partial charge on any atom is 0.134 e. The highest BCUT2D eigenvalue weighted by atomic mass is 16.3. The van der Waals surface area contributed by atoms with E-state index in [1.807, 2.05) is 0 Å². The van der Waals surface area contributed by atoms with Crippen molar-refractivity contribution < 1.29 is 4.42 Å². The summed E-state index contributed by atoms with van der Waals surface area (Å²) in [4.78, 5) is 0. The molecule has 3 heteroatoms. The van der Waals surface area contributed by atoms with E-state index in [1.54, 1.807) is 0 Å². The van der Waals surface area contributed by atoms with E-state index in [-0.39, 0.29) is 6.04 Å². The van der Waals surface area contributed by atoms with Crippen molar-refractivity contribution in [2.45, 2.75) is 26.4 Å². The van der Waals surface area contributed by atoms with Crippen molar-refractivity contribution in [1.82, 2.24) is 9.88 Å². The average Bonchev–Trinajstić information content (AvgIpc) is 3.20. The molecule has 25 heavy (non-hydrogen) atoms. The summed E-state index contributed by atoms with van der Waals surface area (Å²) in [7, 11) is 0. The van der Waals surface area contributed by atoms with Crippen LogP contribution in [0.25, 0.3) is 16.7 Å². The Bertz CT molecular complexity index is 1090. The Morgan fingerprint density at radius 1 is 1.04 bits per heavy atom. The number of hydrogen-bond acceptors (Lipinski definition) is 2. The molecule has 0 aliphatic carbocycles. The SMILES string of the molecule is Cc1ccc2cc(C3NCc4c(C)cccc4-n4cccc43)oc2c1. The Morgan fingerprint density at radius 3 is 2.88 bits per heavy atom. The summed E-state index contributed by atoms with van der Waals surface area (Å²) in [6.07, 6.45) is 2.14. The molecule has 3 nitrogen and oxygen atoms in total. The third kappa shape index (κ3) is 2.24. The predicted molar refractivity (Wildman–Crippen MR) is 100 cm³/mol. The van der Waals surface area contributed by atoms with E-state index < -0.39 is 0 Å². The Kier molecular flexibility index (Phi) is 3.12. The second-order valence-electron chi connectivity index (χ2n) is 6.88. The lowest BCUT2D eigenvalue weighted by atomic mass is 10.1. The van der Waals surface area contributed by atoms with Crippen LogP contribution in [-0.2, 0) is 6.54 Å². The monoisotopic (exact) mass is 328 g/mol. The molecule has 0 fully saturated rings. The van der Waals surface area contributed by atoms with Crippen molar-refractivity contribution in [3.05, 3.63) is 88.9 Å². The number of hydrogen-bond donors (Lipinski definition) is 1. The molecule has 2 aromatic carbocycles. The van der Waals surface area contributed by atoms with E-state index in [1.165, 1.54) is 28.1 Å². The van der Waals surface area contributed by atoms with E-state index in [9.17, 15) is 0 Å². The van der Waals surface area contributed by atoms with Gasteiger partial charge in [0.25, 0.3) is 0 Å². The van der Waals surface area contributed by atoms with E-state index in [2.05, 4.69) is 84.5 Å². The molecule has 0 spiro atoms. The van der Waals surface area contributed by atoms with Crippen molar-refractivity contribution in [3.63, 3.8) is 0 Å². The maximum absolute atomic E-state index is 6.22. The third-order valence-corrected chi connectivity index (χ3v) is 5.18. The van der Waals surface area contributed by atoms with Crippen molar-refractivity contribution in [3.8, 4) is 5.69 Å². The second-order valence-corrected chi connectivity index (χ2v) is 6.88. The van der Waals surface area contributed by atoms with Crippen LogP contribution >= 0.6 is 0 Å². The zero-order valence-electron chi connectivity index (χ0n) is 14.4. The highest BCUT2D eigenvalue weighted by Gasteiger charge is 2.26. The summed E-state index contributed by atoms with van der Waals surface area (Å²) in [5, 5.41) is 4.85. The minimum absolute atomic E-state index is 0.0366. The minimum Gasteiger partial charge on any atom is -0.459 e. The van der Waals surface area contributed by atoms with E-state index in [0.29, 0.717) is 0 Å². The molecule has 0 amide bonds. The van der Waals surface area contributed by atoms with Gasteiger partial charge in [-0.15, -0.1) is 0 Å². The Labute approximate surface area is 146 Å². The molecule has 3 heterocycles. The number of aryl methyl sites for hydroxylation is 2. The van der Waals surface area contributed by atoms with Gasteiger partial charge in [-0.25, -0.2) is 0 Å². The molecule has 0 saturated carbocycles. The molecule has 1 atom stereocenters. The summed E-state index contributed by atoms with van der Waals surface area (Å²) >= 11 is 0. The third-order valence-electron chi connectivity index (χ3n) is 5.18. The van der Waals surface area contributed by atoms with Crippen LogP contribution in [0.5, 0.6) is 0 Å². The van der Waals surface area contributed by atoms with Gasteiger partial charge in [-0.2, -0.15) is 0 Å². The first-order valence-corrected chi connectivity index (χ1v) is 8.70. The van der Waals surface area contributed by atoms with Gasteiger partial charge in [-0.05, 0) is 60.9 Å². The molecule has 1 unspecified atom stereocenters. The number of nitrogens with one attached hydrogen (secondary N) is 1. The standard InChI is InChI=1S/C22H20N2O/c1-14-8-9-16-12-21(25-20(16)11-14)22-19-7-4-10-24(19)18-6-3-5-15(2)17(18)13-23-22/h3-12,22-23H,13H2,1-2H3. The first-order chi connectivity index (χ1) is 12.2. The number of nitrogens with zero attached hydrogens (tertiary/aromatic N) is 1. The molecule has 1 N–H and O–H groups in total. The zero-order valence-corrected chi connectivity index (χ0v) is 14.4. The fourth-order valence-electron chi connectivity index (χ4n) is 3.85. The van der Waals surface area contributed by atoms with Crippen LogP contribution in [0.3, 0.4) is 0 Å². The Balaban J connectivity index is 1.67. The first kappa shape index (κ1) is 14.6. The van der Waals surface area contributed by atoms with Gasteiger partial charge >= 0.3 is 0 Å². The lowest BCUT2D eigenvalue weighted by Crippen LogP contribution is -2.20. The normalized spacial score (nSPS) is 16.5. The first-order valence-electron chi connectivity index (χ1n) is 8.70. The van der Waals surface area contributed by atoms with Gasteiger partial charge in [0.05, 0.1) is 5.69 Å². The van der Waals surface area contributed by atoms with Crippen LogP contribution in [0.4, 0.5) is 0 Å². The van der Waals surface area contributed by atoms with Gasteiger partial charge in [0, 0.05) is 23.8 Å². The summed E-state index contributed by atoms with van der Waals surface area (Å²) in [6, 6.07) is 19.3. The van der Waals surface area contributed by atoms with Crippen LogP contribution in [0, 0.1) is 13.8 Å². The summed E-state index contributed by atoms with van der Waals surface area (Å²) < 4.78 is 8.51. The lowest BCUT2D eigenvalue weighted by molar-refractivity contribution is 0.465. The van der Waals surface area contributed by atoms with E-state index in [4.69, 9.17) is 4.42 Å². The molecule has 0 bridgehead atoms. The van der Waals surface area contributed by atoms with Crippen molar-refractivity contribution in [2.24, 2.45) is 0 Å². The minimum atomic E-state index is 0.0366. The van der Waals surface area contributed by atoms with Crippen LogP contribution in [-0.4, -0.2) is 4.57 Å². The molecular weight excluding hydrogens is 308 g/mol. The molecule has 5 rings (SSSR count). The predicted octanol–water partition coefficient (Wildman–Crippen LogP) is 5.03. The van der Waals surface area contributed by atoms with Crippen molar-refractivity contribution in [2.75, 3.05) is 0 Å². The maximum atomic E-state index is 6.22. The fourth-order valence-corrected chi connectivity index (χ4v) is 3.85. The topological polar surface area (TPSA) is 30.1 Å². The number of fused-ring (bicyclic) bond motifs is 4. The number of rotatable bonds is 1. The van der Waals surface area contributed by atoms with Crippen molar-refractivity contribution in [1.29, 1.82) is 0 Å². The van der Waals surface area contributed by atoms with Crippen LogP contribution in [0.2, 0.25) is 0 Å². The highest BCUT2D eigenvalue weighted by molar-refractivity contribution is 5.78. The number of aromatic nitrogens is 1. The molecule has 4 aromatic rings. The second kappa shape index (κ2) is 5.36. The summed E-state index contributed by atoms with van der Waals surface area (Å²) in [6.45, 7) is 5.09. The molecule has 2 aromatic heterocycles. The molecular formula is C22H20N2O. The van der Waals surface area contributed by atoms with Crippen molar-refractivity contribution >= 4 is 11.0 Å². The largest absolute Gasteiger partial charge is 0.459 e. The number of benzene rings is 2. The highest BCUT2D eigenvalue weighted by Crippen LogP contribution is 2.34. The molecule has 0 radical (unpaired) electrons. The Hall–Kier alpha value is -2.78. The summed E-state index contributed by atoms with van der Waals surface area (Å²) in [5.74, 6) is 0.964. The summed E-state index contributed by atoms with van der Waals surface area (Å²) in [5.41, 5.74) is 7.28. The van der Waals surface area contributed by atoms with Crippen LogP contribution in [0.15, 0.2) is 65.2 Å². The van der Waals surface area contributed by atoms with Gasteiger partial charge in [-0.3, -0.25) is 5.32 Å². The average molecular weight is 328 g/mol. The molecule has 0 saturated heterocycles. The Morgan fingerprint density at radius 2 is 1.96 bits per heavy atom. The fraction of sp³-hybridized carbons (Fsp3) is 0.182. The van der Waals surface area contributed by atoms with Gasteiger partial charge in [0.1, 0.15) is 17.4 Å². The van der Waals surface area contributed by atoms with Gasteiger partial charge in [0.15, 0.2) is 0 Å². The molecule has 1 aliphatic rings. The quantitative estimate of drug-likeness (QED) is 0.531. The van der Waals surface area contributed by atoms with Gasteiger partial charge < -0.3 is 8.98 Å². The lowest BCUT2D eigenvalue weighted by Gasteiger charge is -2.14. The smallest absolute Gasteiger partial charge is 0.134 e. The number of furan rings is 1. The van der Waals surface area contributed by atoms with Crippen LogP contribution < -0.4 is 5.32 Å². The van der Waals surface area contributed by atoms with Crippen LogP contribution in [0.1, 0.15) is 34.2 Å².